The highest BCUT2D eigenvalue weighted by Crippen LogP contribution is 2.30. The first-order valence-corrected chi connectivity index (χ1v) is 11.6. The van der Waals surface area contributed by atoms with Crippen LogP contribution >= 0.6 is 23.2 Å². The number of aromatic amines is 1. The molecule has 7 heteroatoms. The summed E-state index contributed by atoms with van der Waals surface area (Å²) in [6.45, 7) is 0. The zero-order chi connectivity index (χ0) is 24.2. The number of nitrogens with one attached hydrogen (secondary N) is 2. The average molecular weight is 500 g/mol. The van der Waals surface area contributed by atoms with Crippen LogP contribution in [-0.2, 0) is 0 Å². The number of carbonyl (C=O) groups is 1. The Morgan fingerprint density at radius 1 is 0.829 bits per heavy atom. The van der Waals surface area contributed by atoms with Gasteiger partial charge in [0.1, 0.15) is 11.5 Å². The number of hydrogen-bond acceptors (Lipinski definition) is 3. The number of rotatable bonds is 6. The van der Waals surface area contributed by atoms with E-state index in [4.69, 9.17) is 27.9 Å². The first-order chi connectivity index (χ1) is 17.0. The average Bonchev–Trinajstić information content (AvgIpc) is 3.32. The number of nitrogens with zero attached hydrogens (tertiary/aromatic N) is 1. The summed E-state index contributed by atoms with van der Waals surface area (Å²) in [6, 6.07) is 29.3. The van der Waals surface area contributed by atoms with Gasteiger partial charge in [0.15, 0.2) is 5.82 Å². The molecule has 172 valence electrons. The van der Waals surface area contributed by atoms with Gasteiger partial charge in [0.05, 0.1) is 26.8 Å². The molecule has 0 bridgehead atoms. The first-order valence-electron chi connectivity index (χ1n) is 10.8. The number of aromatic nitrogens is 2. The molecule has 0 atom stereocenters. The van der Waals surface area contributed by atoms with Crippen molar-refractivity contribution in [1.82, 2.24) is 15.3 Å². The van der Waals surface area contributed by atoms with Gasteiger partial charge in [0.2, 0.25) is 0 Å². The maximum atomic E-state index is 12.9. The van der Waals surface area contributed by atoms with Crippen LogP contribution in [0.4, 0.5) is 0 Å². The number of imidazole rings is 1. The van der Waals surface area contributed by atoms with Gasteiger partial charge in [-0.3, -0.25) is 4.79 Å². The molecule has 0 saturated carbocycles. The van der Waals surface area contributed by atoms with Gasteiger partial charge in [-0.25, -0.2) is 4.98 Å². The van der Waals surface area contributed by atoms with Gasteiger partial charge in [-0.05, 0) is 60.2 Å². The zero-order valence-corrected chi connectivity index (χ0v) is 19.8. The Kier molecular flexibility index (Phi) is 6.53. The van der Waals surface area contributed by atoms with Crippen LogP contribution in [0.5, 0.6) is 11.5 Å². The minimum absolute atomic E-state index is 0.225. The molecule has 0 aliphatic rings. The van der Waals surface area contributed by atoms with E-state index < -0.39 is 0 Å². The van der Waals surface area contributed by atoms with Crippen LogP contribution in [0.15, 0.2) is 97.1 Å². The number of amides is 1. The molecule has 0 fully saturated rings. The summed E-state index contributed by atoms with van der Waals surface area (Å²) in [5, 5.41) is 3.89. The number of ether oxygens (including phenoxy) is 1. The van der Waals surface area contributed by atoms with Gasteiger partial charge in [-0.2, -0.15) is 0 Å². The predicted octanol–water partition coefficient (Wildman–Crippen LogP) is 7.59. The second-order valence-electron chi connectivity index (χ2n) is 7.73. The van der Waals surface area contributed by atoms with Crippen LogP contribution in [0.2, 0.25) is 10.0 Å². The number of hydrogen-bond donors (Lipinski definition) is 2. The van der Waals surface area contributed by atoms with Crippen molar-refractivity contribution in [1.29, 1.82) is 0 Å². The smallest absolute Gasteiger partial charge is 0.255 e. The third kappa shape index (κ3) is 5.38. The number of para-hydroxylation sites is 2. The summed E-state index contributed by atoms with van der Waals surface area (Å²) in [5.74, 6) is 1.56. The van der Waals surface area contributed by atoms with Crippen molar-refractivity contribution in [2.24, 2.45) is 0 Å². The van der Waals surface area contributed by atoms with Crippen LogP contribution in [0.3, 0.4) is 0 Å². The van der Waals surface area contributed by atoms with Crippen molar-refractivity contribution < 1.29 is 9.53 Å². The lowest BCUT2D eigenvalue weighted by atomic mass is 10.1. The third-order valence-electron chi connectivity index (χ3n) is 5.25. The molecular weight excluding hydrogens is 481 g/mol. The minimum Gasteiger partial charge on any atom is -0.457 e. The number of halogens is 2. The summed E-state index contributed by atoms with van der Waals surface area (Å²) < 4.78 is 5.87. The highest BCUT2D eigenvalue weighted by atomic mass is 35.5. The van der Waals surface area contributed by atoms with Gasteiger partial charge in [-0.1, -0.05) is 65.7 Å². The molecule has 2 N–H and O–H groups in total. The molecular formula is C28H19Cl2N3O2. The molecule has 5 aromatic rings. The van der Waals surface area contributed by atoms with Crippen LogP contribution in [-0.4, -0.2) is 15.9 Å². The number of benzene rings is 4. The Morgan fingerprint density at radius 3 is 2.29 bits per heavy atom. The maximum Gasteiger partial charge on any atom is 0.255 e. The standard InChI is InChI=1S/C28H19Cl2N3O2/c29-22-15-14-21(17-23(22)30)35-20-12-10-18(11-13-20)16-26(33-28(34)19-6-2-1-3-7-19)27-31-24-8-4-5-9-25(24)32-27/h1-17H,(H,31,32)(H,33,34)/b26-16-. The van der Waals surface area contributed by atoms with Crippen LogP contribution in [0.1, 0.15) is 21.7 Å². The SMILES string of the molecule is O=C(N/C(=C\c1ccc(Oc2ccc(Cl)c(Cl)c2)cc1)c1nc2ccccc2[nH]1)c1ccccc1. The van der Waals surface area contributed by atoms with Gasteiger partial charge in [0, 0.05) is 11.6 Å². The van der Waals surface area contributed by atoms with Crippen molar-refractivity contribution >= 4 is 51.9 Å². The van der Waals surface area contributed by atoms with Crippen molar-refractivity contribution in [3.8, 4) is 11.5 Å². The van der Waals surface area contributed by atoms with Gasteiger partial charge < -0.3 is 15.0 Å². The van der Waals surface area contributed by atoms with Gasteiger partial charge >= 0.3 is 0 Å². The first kappa shape index (κ1) is 22.7. The van der Waals surface area contributed by atoms with E-state index in [1.54, 1.807) is 30.3 Å². The van der Waals surface area contributed by atoms with Crippen molar-refractivity contribution in [3.05, 3.63) is 124 Å². The molecule has 5 rings (SSSR count). The zero-order valence-electron chi connectivity index (χ0n) is 18.3. The number of carbonyl (C=O) groups excluding carboxylic acids is 1. The third-order valence-corrected chi connectivity index (χ3v) is 5.99. The lowest BCUT2D eigenvalue weighted by Gasteiger charge is -2.09. The van der Waals surface area contributed by atoms with Crippen molar-refractivity contribution in [3.63, 3.8) is 0 Å². The fraction of sp³-hybridized carbons (Fsp3) is 0. The van der Waals surface area contributed by atoms with E-state index in [0.717, 1.165) is 16.6 Å². The second kappa shape index (κ2) is 10.1. The monoisotopic (exact) mass is 499 g/mol. The molecule has 1 heterocycles. The van der Waals surface area contributed by atoms with Gasteiger partial charge in [-0.15, -0.1) is 0 Å². The lowest BCUT2D eigenvalue weighted by Crippen LogP contribution is -2.22. The fourth-order valence-electron chi connectivity index (χ4n) is 3.50. The molecule has 0 spiro atoms. The van der Waals surface area contributed by atoms with Crippen LogP contribution < -0.4 is 10.1 Å². The van der Waals surface area contributed by atoms with E-state index >= 15 is 0 Å². The van der Waals surface area contributed by atoms with E-state index in [1.807, 2.05) is 72.8 Å². The highest BCUT2D eigenvalue weighted by Gasteiger charge is 2.13. The quantitative estimate of drug-likeness (QED) is 0.252. The molecule has 0 aliphatic carbocycles. The molecule has 0 radical (unpaired) electrons. The van der Waals surface area contributed by atoms with E-state index in [-0.39, 0.29) is 5.91 Å². The van der Waals surface area contributed by atoms with Crippen molar-refractivity contribution in [2.45, 2.75) is 0 Å². The Bertz CT molecular complexity index is 1490. The summed E-state index contributed by atoms with van der Waals surface area (Å²) >= 11 is 12.0. The topological polar surface area (TPSA) is 67.0 Å². The summed E-state index contributed by atoms with van der Waals surface area (Å²) in [6.07, 6.45) is 1.86. The summed E-state index contributed by atoms with van der Waals surface area (Å²) in [4.78, 5) is 20.9. The van der Waals surface area contributed by atoms with E-state index in [1.165, 1.54) is 0 Å². The molecule has 35 heavy (non-hydrogen) atoms. The van der Waals surface area contributed by atoms with Crippen LogP contribution in [0, 0.1) is 0 Å². The molecule has 0 unspecified atom stereocenters. The van der Waals surface area contributed by atoms with Crippen molar-refractivity contribution in [2.75, 3.05) is 0 Å². The van der Waals surface area contributed by atoms with E-state index in [0.29, 0.717) is 38.6 Å². The molecule has 1 amide bonds. The Hall–Kier alpha value is -4.06. The normalized spacial score (nSPS) is 11.4. The van der Waals surface area contributed by atoms with E-state index in [2.05, 4.69) is 15.3 Å². The van der Waals surface area contributed by atoms with Crippen LogP contribution in [0.25, 0.3) is 22.8 Å². The molecule has 4 aromatic carbocycles. The fourth-order valence-corrected chi connectivity index (χ4v) is 3.79. The summed E-state index contributed by atoms with van der Waals surface area (Å²) in [5.41, 5.74) is 3.66. The Morgan fingerprint density at radius 2 is 1.54 bits per heavy atom. The summed E-state index contributed by atoms with van der Waals surface area (Å²) in [7, 11) is 0. The Labute approximate surface area is 212 Å². The van der Waals surface area contributed by atoms with E-state index in [9.17, 15) is 4.79 Å². The number of H-pyrrole nitrogens is 1. The molecule has 1 aromatic heterocycles. The highest BCUT2D eigenvalue weighted by molar-refractivity contribution is 6.42. The lowest BCUT2D eigenvalue weighted by molar-refractivity contribution is 0.0973. The maximum absolute atomic E-state index is 12.9. The predicted molar refractivity (Wildman–Crippen MR) is 141 cm³/mol. The molecule has 0 aliphatic heterocycles. The molecule has 5 nitrogen and oxygen atoms in total. The second-order valence-corrected chi connectivity index (χ2v) is 8.54. The number of fused-ring (bicyclic) bond motifs is 1. The molecule has 0 saturated heterocycles. The minimum atomic E-state index is -0.225. The van der Waals surface area contributed by atoms with Gasteiger partial charge in [0.25, 0.3) is 5.91 Å². The Balaban J connectivity index is 1.44. The largest absolute Gasteiger partial charge is 0.457 e.